The molecule has 24 heavy (non-hydrogen) atoms. The van der Waals surface area contributed by atoms with Gasteiger partial charge in [0.1, 0.15) is 23.2 Å². The van der Waals surface area contributed by atoms with Crippen LogP contribution in [0.1, 0.15) is 13.8 Å². The molecule has 0 amide bonds. The lowest BCUT2D eigenvalue weighted by atomic mass is 10.4. The largest absolute Gasteiger partial charge is 0.348 e. The highest BCUT2D eigenvalue weighted by atomic mass is 31.2. The summed E-state index contributed by atoms with van der Waals surface area (Å²) in [5.41, 5.74) is 0. The zero-order valence-corrected chi connectivity index (χ0v) is 15.6. The van der Waals surface area contributed by atoms with Crippen molar-refractivity contribution in [3.63, 3.8) is 0 Å². The monoisotopic (exact) mass is 337 g/mol. The first-order chi connectivity index (χ1) is 11.9. The minimum atomic E-state index is -1.78. The average Bonchev–Trinajstić information content (AvgIpc) is 2.70. The highest BCUT2D eigenvalue weighted by molar-refractivity contribution is 7.95. The fourth-order valence-corrected chi connectivity index (χ4v) is 6.68. The molecule has 0 fully saturated rings. The van der Waals surface area contributed by atoms with E-state index in [4.69, 9.17) is 4.74 Å². The van der Waals surface area contributed by atoms with Crippen molar-refractivity contribution in [3.8, 4) is 0 Å². The Bertz CT molecular complexity index is 599. The number of hydrogen-bond acceptors (Lipinski definition) is 1. The van der Waals surface area contributed by atoms with E-state index in [9.17, 15) is 0 Å². The third kappa shape index (κ3) is 3.75. The number of benzene rings is 3. The molecule has 0 spiro atoms. The Morgan fingerprint density at radius 2 is 0.875 bits per heavy atom. The molecule has 0 aliphatic rings. The van der Waals surface area contributed by atoms with Gasteiger partial charge in [-0.15, -0.1) is 0 Å². The normalized spacial score (nSPS) is 10.6. The van der Waals surface area contributed by atoms with Crippen LogP contribution in [0.2, 0.25) is 0 Å². The summed E-state index contributed by atoms with van der Waals surface area (Å²) in [5.74, 6) is 0. The number of rotatable bonds is 5. The van der Waals surface area contributed by atoms with E-state index in [0.717, 1.165) is 0 Å². The van der Waals surface area contributed by atoms with Crippen molar-refractivity contribution < 1.29 is 4.74 Å². The van der Waals surface area contributed by atoms with Crippen molar-refractivity contribution in [2.24, 2.45) is 0 Å². The van der Waals surface area contributed by atoms with E-state index in [2.05, 4.69) is 91.0 Å². The number of ether oxygens (including phenoxy) is 1. The molecule has 2 heteroatoms. The zero-order valence-electron chi connectivity index (χ0n) is 14.7. The van der Waals surface area contributed by atoms with E-state index >= 15 is 0 Å². The van der Waals surface area contributed by atoms with Gasteiger partial charge in [0.05, 0.1) is 0 Å². The minimum Gasteiger partial charge on any atom is -0.348 e. The van der Waals surface area contributed by atoms with E-state index in [0.29, 0.717) is 6.35 Å². The Balaban J connectivity index is 0.00000100. The van der Waals surface area contributed by atoms with Gasteiger partial charge in [-0.3, -0.25) is 0 Å². The van der Waals surface area contributed by atoms with Crippen LogP contribution >= 0.6 is 7.26 Å². The smallest absolute Gasteiger partial charge is 0.170 e. The maximum Gasteiger partial charge on any atom is 0.170 e. The fourth-order valence-electron chi connectivity index (χ4n) is 2.91. The number of methoxy groups -OCH3 is 1. The Kier molecular flexibility index (Phi) is 7.18. The molecule has 0 aliphatic heterocycles. The minimum absolute atomic E-state index is 0.713. The van der Waals surface area contributed by atoms with E-state index in [-0.39, 0.29) is 0 Å². The van der Waals surface area contributed by atoms with Gasteiger partial charge in [0.15, 0.2) is 6.35 Å². The second-order valence-corrected chi connectivity index (χ2v) is 8.66. The first kappa shape index (κ1) is 18.4. The average molecular weight is 337 g/mol. The van der Waals surface area contributed by atoms with Gasteiger partial charge in [0.25, 0.3) is 0 Å². The van der Waals surface area contributed by atoms with Crippen LogP contribution < -0.4 is 15.9 Å². The predicted octanol–water partition coefficient (Wildman–Crippen LogP) is 4.61. The zero-order chi connectivity index (χ0) is 17.3. The highest BCUT2D eigenvalue weighted by Crippen LogP contribution is 2.54. The summed E-state index contributed by atoms with van der Waals surface area (Å²) in [6.07, 6.45) is 0.713. The molecule has 0 aromatic heterocycles. The molecule has 124 valence electrons. The molecule has 3 aromatic carbocycles. The summed E-state index contributed by atoms with van der Waals surface area (Å²) in [6, 6.07) is 32.3. The summed E-state index contributed by atoms with van der Waals surface area (Å²) < 4.78 is 5.72. The SMILES string of the molecule is CC.COC[P+](c1ccccc1)(c1ccccc1)c1ccccc1. The Morgan fingerprint density at radius 1 is 0.583 bits per heavy atom. The van der Waals surface area contributed by atoms with Crippen LogP contribution in [0.4, 0.5) is 0 Å². The third-order valence-corrected chi connectivity index (χ3v) is 8.10. The fraction of sp³-hybridized carbons (Fsp3) is 0.182. The first-order valence-corrected chi connectivity index (χ1v) is 10.4. The molecule has 1 nitrogen and oxygen atoms in total. The third-order valence-electron chi connectivity index (χ3n) is 3.91. The van der Waals surface area contributed by atoms with Gasteiger partial charge in [-0.25, -0.2) is 0 Å². The first-order valence-electron chi connectivity index (χ1n) is 8.42. The molecule has 3 rings (SSSR count). The second kappa shape index (κ2) is 9.37. The quantitative estimate of drug-likeness (QED) is 0.618. The van der Waals surface area contributed by atoms with E-state index in [1.165, 1.54) is 15.9 Å². The Labute approximate surface area is 146 Å². The lowest BCUT2D eigenvalue weighted by Crippen LogP contribution is -2.33. The van der Waals surface area contributed by atoms with Crippen molar-refractivity contribution in [2.75, 3.05) is 13.5 Å². The van der Waals surface area contributed by atoms with Crippen molar-refractivity contribution in [1.82, 2.24) is 0 Å². The molecular formula is C22H26OP+. The molecule has 0 atom stereocenters. The van der Waals surface area contributed by atoms with E-state index < -0.39 is 7.26 Å². The van der Waals surface area contributed by atoms with Crippen LogP contribution in [0.5, 0.6) is 0 Å². The van der Waals surface area contributed by atoms with Crippen LogP contribution in [0.25, 0.3) is 0 Å². The summed E-state index contributed by atoms with van der Waals surface area (Å²) >= 11 is 0. The summed E-state index contributed by atoms with van der Waals surface area (Å²) in [6.45, 7) is 4.00. The molecule has 0 heterocycles. The van der Waals surface area contributed by atoms with Gasteiger partial charge >= 0.3 is 0 Å². The lowest BCUT2D eigenvalue weighted by Gasteiger charge is -2.26. The van der Waals surface area contributed by atoms with E-state index in [1.807, 2.05) is 13.8 Å². The van der Waals surface area contributed by atoms with Gasteiger partial charge in [-0.1, -0.05) is 68.4 Å². The predicted molar refractivity (Wildman–Crippen MR) is 108 cm³/mol. The molecule has 0 N–H and O–H groups in total. The van der Waals surface area contributed by atoms with Crippen molar-refractivity contribution in [3.05, 3.63) is 91.0 Å². The molecular weight excluding hydrogens is 311 g/mol. The van der Waals surface area contributed by atoms with E-state index in [1.54, 1.807) is 7.11 Å². The highest BCUT2D eigenvalue weighted by Gasteiger charge is 2.45. The second-order valence-electron chi connectivity index (χ2n) is 5.23. The van der Waals surface area contributed by atoms with Crippen LogP contribution in [-0.4, -0.2) is 13.5 Å². The standard InChI is InChI=1S/C20H20OP.C2H6/c1-21-17-22(18-11-5-2-6-12-18,19-13-7-3-8-14-19)20-15-9-4-10-16-20;1-2/h2-16H,17H2,1H3;1-2H3/q+1;. The molecule has 0 saturated heterocycles. The van der Waals surface area contributed by atoms with Crippen LogP contribution in [-0.2, 0) is 4.74 Å². The topological polar surface area (TPSA) is 9.23 Å². The van der Waals surface area contributed by atoms with Gasteiger partial charge in [-0.2, -0.15) is 0 Å². The molecule has 0 bridgehead atoms. The van der Waals surface area contributed by atoms with Crippen LogP contribution in [0, 0.1) is 0 Å². The van der Waals surface area contributed by atoms with Crippen LogP contribution in [0.3, 0.4) is 0 Å². The van der Waals surface area contributed by atoms with Gasteiger partial charge in [0, 0.05) is 7.11 Å². The van der Waals surface area contributed by atoms with Gasteiger partial charge in [-0.05, 0) is 36.4 Å². The Hall–Kier alpha value is -1.95. The molecule has 0 unspecified atom stereocenters. The van der Waals surface area contributed by atoms with Crippen molar-refractivity contribution in [1.29, 1.82) is 0 Å². The maximum atomic E-state index is 5.72. The Morgan fingerprint density at radius 3 is 1.12 bits per heavy atom. The van der Waals surface area contributed by atoms with Crippen molar-refractivity contribution in [2.45, 2.75) is 13.8 Å². The van der Waals surface area contributed by atoms with Gasteiger partial charge in [0.2, 0.25) is 0 Å². The number of hydrogen-bond donors (Lipinski definition) is 0. The molecule has 3 aromatic rings. The molecule has 0 aliphatic carbocycles. The van der Waals surface area contributed by atoms with Gasteiger partial charge < -0.3 is 4.74 Å². The lowest BCUT2D eigenvalue weighted by molar-refractivity contribution is 0.255. The summed E-state index contributed by atoms with van der Waals surface area (Å²) in [5, 5.41) is 4.07. The maximum absolute atomic E-state index is 5.72. The summed E-state index contributed by atoms with van der Waals surface area (Å²) in [4.78, 5) is 0. The van der Waals surface area contributed by atoms with Crippen LogP contribution in [0.15, 0.2) is 91.0 Å². The molecule has 0 radical (unpaired) electrons. The summed E-state index contributed by atoms with van der Waals surface area (Å²) in [7, 11) is 0.0197. The van der Waals surface area contributed by atoms with Crippen molar-refractivity contribution >= 4 is 23.2 Å². The molecule has 0 saturated carbocycles.